The van der Waals surface area contributed by atoms with Crippen molar-refractivity contribution in [2.75, 3.05) is 0 Å². The zero-order chi connectivity index (χ0) is 31.6. The van der Waals surface area contributed by atoms with E-state index in [4.69, 9.17) is 0 Å². The second-order valence-corrected chi connectivity index (χ2v) is 15.8. The van der Waals surface area contributed by atoms with E-state index in [0.29, 0.717) is 6.71 Å². The molecule has 0 amide bonds. The van der Waals surface area contributed by atoms with Crippen molar-refractivity contribution in [2.45, 2.75) is 20.0 Å². The molecule has 1 heterocycles. The van der Waals surface area contributed by atoms with Crippen molar-refractivity contribution in [3.8, 4) is 0 Å². The third-order valence-corrected chi connectivity index (χ3v) is 13.5. The fourth-order valence-corrected chi connectivity index (χ4v) is 10.9. The van der Waals surface area contributed by atoms with E-state index in [1.54, 1.807) is 0 Å². The third kappa shape index (κ3) is 7.04. The average Bonchev–Trinajstić information content (AvgIpc) is 3.64. The first-order chi connectivity index (χ1) is 22.6. The Morgan fingerprint density at radius 3 is 1.22 bits per heavy atom. The van der Waals surface area contributed by atoms with Crippen LogP contribution in [0.15, 0.2) is 189 Å². The largest absolute Gasteiger partial charge is 0.339 e. The van der Waals surface area contributed by atoms with Gasteiger partial charge in [0.15, 0.2) is 8.07 Å². The first-order valence-corrected chi connectivity index (χ1v) is 18.1. The maximum Gasteiger partial charge on any atom is 0.241 e. The fraction of sp³-hybridized carbons (Fsp3) is 0.0714. The molecule has 0 aliphatic rings. The van der Waals surface area contributed by atoms with Gasteiger partial charge in [-0.2, -0.15) is 0 Å². The molecule has 0 unspecified atom stereocenters. The number of aromatic nitrogens is 2. The monoisotopic (exact) mass is 610 g/mol. The van der Waals surface area contributed by atoms with Gasteiger partial charge >= 0.3 is 0 Å². The normalized spacial score (nSPS) is 10.9. The Balaban J connectivity index is 0.000000172. The molecule has 0 saturated heterocycles. The third-order valence-electron chi connectivity index (χ3n) is 8.73. The highest BCUT2D eigenvalue weighted by molar-refractivity contribution is 7.10. The first-order valence-electron chi connectivity index (χ1n) is 15.9. The molecule has 7 rings (SSSR count). The van der Waals surface area contributed by atoms with Crippen LogP contribution in [0.4, 0.5) is 0 Å². The number of imidazole rings is 1. The number of hydrogen-bond acceptors (Lipinski definition) is 1. The standard InChI is InChI=1S/C24H24N2Si.C18H15B/c1-20-8-12-23(13-9-20)27(19-26-17-16-25-18-26,22-6-4-3-5-7-22)24-14-10-21(2)11-15-24;1-4-10-16(11-5-1)19(17-12-6-2-7-13-17)18-14-8-3-9-15-18/h3-18H,19H2,1-2H3;1-15H. The molecule has 0 spiro atoms. The second kappa shape index (κ2) is 14.7. The van der Waals surface area contributed by atoms with E-state index in [2.05, 4.69) is 199 Å². The Morgan fingerprint density at radius 1 is 0.478 bits per heavy atom. The zero-order valence-electron chi connectivity index (χ0n) is 26.6. The summed E-state index contributed by atoms with van der Waals surface area (Å²) in [6, 6.07) is 61.3. The van der Waals surface area contributed by atoms with Crippen LogP contribution >= 0.6 is 0 Å². The summed E-state index contributed by atoms with van der Waals surface area (Å²) < 4.78 is 2.24. The van der Waals surface area contributed by atoms with Gasteiger partial charge in [-0.15, -0.1) is 0 Å². The Kier molecular flexibility index (Phi) is 9.87. The van der Waals surface area contributed by atoms with Gasteiger partial charge in [0.05, 0.1) is 6.33 Å². The quantitative estimate of drug-likeness (QED) is 0.166. The van der Waals surface area contributed by atoms with Gasteiger partial charge in [-0.3, -0.25) is 0 Å². The van der Waals surface area contributed by atoms with Crippen molar-refractivity contribution >= 4 is 46.7 Å². The summed E-state index contributed by atoms with van der Waals surface area (Å²) in [4.78, 5) is 4.30. The summed E-state index contributed by atoms with van der Waals surface area (Å²) in [5.41, 5.74) is 6.59. The molecule has 46 heavy (non-hydrogen) atoms. The highest BCUT2D eigenvalue weighted by atomic mass is 28.3. The molecule has 0 aliphatic heterocycles. The number of hydrogen-bond donors (Lipinski definition) is 0. The average molecular weight is 611 g/mol. The highest BCUT2D eigenvalue weighted by Gasteiger charge is 2.39. The van der Waals surface area contributed by atoms with E-state index < -0.39 is 8.07 Å². The van der Waals surface area contributed by atoms with E-state index in [1.165, 1.54) is 43.1 Å². The smallest absolute Gasteiger partial charge is 0.241 e. The number of benzene rings is 6. The van der Waals surface area contributed by atoms with Gasteiger partial charge in [0.25, 0.3) is 0 Å². The topological polar surface area (TPSA) is 17.8 Å². The molecule has 0 bridgehead atoms. The summed E-state index contributed by atoms with van der Waals surface area (Å²) in [6.07, 6.45) is 6.82. The Labute approximate surface area is 275 Å². The van der Waals surface area contributed by atoms with Crippen LogP contribution in [-0.4, -0.2) is 24.3 Å². The Morgan fingerprint density at radius 2 is 0.848 bits per heavy atom. The van der Waals surface area contributed by atoms with Crippen molar-refractivity contribution in [1.29, 1.82) is 0 Å². The molecule has 224 valence electrons. The molecule has 0 aliphatic carbocycles. The van der Waals surface area contributed by atoms with E-state index in [0.717, 1.165) is 6.17 Å². The summed E-state index contributed by atoms with van der Waals surface area (Å²) in [5.74, 6) is 0. The van der Waals surface area contributed by atoms with Gasteiger partial charge in [-0.25, -0.2) is 4.98 Å². The molecule has 0 fully saturated rings. The molecule has 7 aromatic rings. The number of nitrogens with zero attached hydrogens (tertiary/aromatic N) is 2. The van der Waals surface area contributed by atoms with Gasteiger partial charge < -0.3 is 4.57 Å². The van der Waals surface area contributed by atoms with Crippen LogP contribution in [0.3, 0.4) is 0 Å². The van der Waals surface area contributed by atoms with Crippen LogP contribution in [0.5, 0.6) is 0 Å². The van der Waals surface area contributed by atoms with Gasteiger partial charge in [0.1, 0.15) is 0 Å². The molecule has 4 heteroatoms. The molecular formula is C42H39BN2Si. The minimum Gasteiger partial charge on any atom is -0.339 e. The lowest BCUT2D eigenvalue weighted by Crippen LogP contribution is -2.69. The van der Waals surface area contributed by atoms with E-state index in [9.17, 15) is 0 Å². The number of rotatable bonds is 8. The molecule has 0 saturated carbocycles. The zero-order valence-corrected chi connectivity index (χ0v) is 27.6. The second-order valence-electron chi connectivity index (χ2n) is 11.9. The van der Waals surface area contributed by atoms with Gasteiger partial charge in [0.2, 0.25) is 6.71 Å². The maximum absolute atomic E-state index is 4.30. The predicted octanol–water partition coefficient (Wildman–Crippen LogP) is 5.41. The predicted molar refractivity (Wildman–Crippen MR) is 200 cm³/mol. The fourth-order valence-electron chi connectivity index (χ4n) is 6.34. The SMILES string of the molecule is Cc1ccc([Si](Cn2ccnc2)(c2ccccc2)c2ccc(C)cc2)cc1.c1ccc(B(c2ccccc2)c2ccccc2)cc1. The summed E-state index contributed by atoms with van der Waals surface area (Å²) in [5, 5.41) is 4.28. The lowest BCUT2D eigenvalue weighted by molar-refractivity contribution is 0.862. The molecular weight excluding hydrogens is 571 g/mol. The summed E-state index contributed by atoms with van der Waals surface area (Å²) in [7, 11) is -2.25. The van der Waals surface area contributed by atoms with E-state index in [-0.39, 0.29) is 0 Å². The van der Waals surface area contributed by atoms with Crippen LogP contribution in [0.1, 0.15) is 11.1 Å². The van der Waals surface area contributed by atoms with Crippen LogP contribution in [-0.2, 0) is 6.17 Å². The van der Waals surface area contributed by atoms with Crippen molar-refractivity contribution in [3.63, 3.8) is 0 Å². The van der Waals surface area contributed by atoms with Crippen LogP contribution in [0.2, 0.25) is 0 Å². The van der Waals surface area contributed by atoms with Crippen molar-refractivity contribution in [3.05, 3.63) is 200 Å². The van der Waals surface area contributed by atoms with Gasteiger partial charge in [-0.05, 0) is 29.4 Å². The van der Waals surface area contributed by atoms with Gasteiger partial charge in [0, 0.05) is 18.6 Å². The van der Waals surface area contributed by atoms with Crippen molar-refractivity contribution in [2.24, 2.45) is 0 Å². The molecule has 0 N–H and O–H groups in total. The molecule has 0 atom stereocenters. The van der Waals surface area contributed by atoms with Crippen LogP contribution in [0, 0.1) is 13.8 Å². The van der Waals surface area contributed by atoms with Crippen LogP contribution in [0.25, 0.3) is 0 Å². The minimum absolute atomic E-state index is 0.309. The number of aryl methyl sites for hydroxylation is 2. The highest BCUT2D eigenvalue weighted by Crippen LogP contribution is 2.12. The maximum atomic E-state index is 4.30. The van der Waals surface area contributed by atoms with E-state index in [1.807, 2.05) is 12.5 Å². The summed E-state index contributed by atoms with van der Waals surface area (Å²) in [6.45, 7) is 4.61. The van der Waals surface area contributed by atoms with E-state index >= 15 is 0 Å². The summed E-state index contributed by atoms with van der Waals surface area (Å²) >= 11 is 0. The molecule has 2 nitrogen and oxygen atoms in total. The lowest BCUT2D eigenvalue weighted by Gasteiger charge is -2.34. The Bertz CT molecular complexity index is 1750. The first kappa shape index (κ1) is 30.8. The lowest BCUT2D eigenvalue weighted by atomic mass is 9.37. The molecule has 1 aromatic heterocycles. The molecule has 0 radical (unpaired) electrons. The van der Waals surface area contributed by atoms with Crippen molar-refractivity contribution in [1.82, 2.24) is 9.55 Å². The van der Waals surface area contributed by atoms with Crippen LogP contribution < -0.4 is 31.9 Å². The molecule has 6 aromatic carbocycles. The minimum atomic E-state index is -2.25. The Hall–Kier alpha value is -5.19. The van der Waals surface area contributed by atoms with Crippen molar-refractivity contribution < 1.29 is 0 Å². The van der Waals surface area contributed by atoms with Gasteiger partial charge in [-0.1, -0.05) is 197 Å².